The minimum Gasteiger partial charge on any atom is -0.478 e. The number of benzene rings is 1. The van der Waals surface area contributed by atoms with E-state index in [1.807, 2.05) is 16.8 Å². The summed E-state index contributed by atoms with van der Waals surface area (Å²) in [5, 5.41) is 19.0. The fourth-order valence-corrected chi connectivity index (χ4v) is 1.78. The Morgan fingerprint density at radius 3 is 2.81 bits per heavy atom. The third-order valence-electron chi connectivity index (χ3n) is 2.48. The molecule has 0 aliphatic carbocycles. The molecule has 0 saturated carbocycles. The van der Waals surface area contributed by atoms with Crippen LogP contribution in [0.15, 0.2) is 30.5 Å². The SMILES string of the molecule is CC(O)Cn1ccc2cc(C(=O)O)ccc21. The lowest BCUT2D eigenvalue weighted by Crippen LogP contribution is -2.10. The largest absolute Gasteiger partial charge is 0.478 e. The Balaban J connectivity index is 2.46. The number of carbonyl (C=O) groups is 1. The number of aromatic carboxylic acids is 1. The van der Waals surface area contributed by atoms with Gasteiger partial charge in [0.15, 0.2) is 0 Å². The summed E-state index contributed by atoms with van der Waals surface area (Å²) in [6.45, 7) is 2.23. The maximum Gasteiger partial charge on any atom is 0.335 e. The molecule has 0 aliphatic rings. The third-order valence-corrected chi connectivity index (χ3v) is 2.48. The summed E-state index contributed by atoms with van der Waals surface area (Å²) in [5.74, 6) is -0.926. The number of fused-ring (bicyclic) bond motifs is 1. The summed E-state index contributed by atoms with van der Waals surface area (Å²) in [4.78, 5) is 10.8. The lowest BCUT2D eigenvalue weighted by atomic mass is 10.1. The topological polar surface area (TPSA) is 62.5 Å². The first-order chi connectivity index (χ1) is 7.58. The van der Waals surface area contributed by atoms with Crippen LogP contribution in [0.4, 0.5) is 0 Å². The number of hydrogen-bond acceptors (Lipinski definition) is 2. The van der Waals surface area contributed by atoms with Gasteiger partial charge < -0.3 is 14.8 Å². The van der Waals surface area contributed by atoms with Crippen molar-refractivity contribution >= 4 is 16.9 Å². The van der Waals surface area contributed by atoms with E-state index in [0.29, 0.717) is 6.54 Å². The van der Waals surface area contributed by atoms with Crippen molar-refractivity contribution in [2.24, 2.45) is 0 Å². The second-order valence-electron chi connectivity index (χ2n) is 3.90. The second kappa shape index (κ2) is 3.98. The molecule has 0 radical (unpaired) electrons. The average Bonchev–Trinajstić information content (AvgIpc) is 2.60. The van der Waals surface area contributed by atoms with E-state index in [0.717, 1.165) is 10.9 Å². The van der Waals surface area contributed by atoms with Gasteiger partial charge in [0.05, 0.1) is 11.7 Å². The lowest BCUT2D eigenvalue weighted by Gasteiger charge is -2.07. The Morgan fingerprint density at radius 1 is 1.44 bits per heavy atom. The fraction of sp³-hybridized carbons (Fsp3) is 0.250. The number of nitrogens with zero attached hydrogens (tertiary/aromatic N) is 1. The number of aliphatic hydroxyl groups excluding tert-OH is 1. The highest BCUT2D eigenvalue weighted by Gasteiger charge is 2.07. The molecule has 2 N–H and O–H groups in total. The van der Waals surface area contributed by atoms with E-state index in [1.54, 1.807) is 25.1 Å². The molecule has 1 unspecified atom stereocenters. The van der Waals surface area contributed by atoms with Crippen LogP contribution in [0.5, 0.6) is 0 Å². The minimum atomic E-state index is -0.926. The van der Waals surface area contributed by atoms with Crippen LogP contribution in [0, 0.1) is 0 Å². The van der Waals surface area contributed by atoms with Crippen LogP contribution in [0.2, 0.25) is 0 Å². The first-order valence-corrected chi connectivity index (χ1v) is 5.08. The molecular formula is C12H13NO3. The summed E-state index contributed by atoms with van der Waals surface area (Å²) in [6, 6.07) is 6.82. The van der Waals surface area contributed by atoms with Crippen LogP contribution < -0.4 is 0 Å². The summed E-state index contributed by atoms with van der Waals surface area (Å²) in [7, 11) is 0. The standard InChI is InChI=1S/C12H13NO3/c1-8(14)7-13-5-4-9-6-10(12(15)16)2-3-11(9)13/h2-6,8,14H,7H2,1H3,(H,15,16). The quantitative estimate of drug-likeness (QED) is 0.826. The zero-order valence-corrected chi connectivity index (χ0v) is 8.92. The first-order valence-electron chi connectivity index (χ1n) is 5.08. The Bertz CT molecular complexity index is 528. The van der Waals surface area contributed by atoms with E-state index < -0.39 is 12.1 Å². The van der Waals surface area contributed by atoms with Gasteiger partial charge in [-0.2, -0.15) is 0 Å². The Labute approximate surface area is 92.7 Å². The number of carboxylic acid groups (broad SMARTS) is 1. The molecule has 0 aliphatic heterocycles. The van der Waals surface area contributed by atoms with Gasteiger partial charge in [-0.15, -0.1) is 0 Å². The number of carboxylic acids is 1. The van der Waals surface area contributed by atoms with Crippen molar-refractivity contribution in [1.82, 2.24) is 4.57 Å². The molecule has 0 spiro atoms. The number of rotatable bonds is 3. The van der Waals surface area contributed by atoms with Crippen LogP contribution in [0.3, 0.4) is 0 Å². The van der Waals surface area contributed by atoms with Gasteiger partial charge in [0.1, 0.15) is 0 Å². The van der Waals surface area contributed by atoms with Gasteiger partial charge >= 0.3 is 5.97 Å². The number of hydrogen-bond donors (Lipinski definition) is 2. The Hall–Kier alpha value is -1.81. The van der Waals surface area contributed by atoms with Gasteiger partial charge in [0, 0.05) is 23.6 Å². The van der Waals surface area contributed by atoms with Crippen molar-refractivity contribution in [2.45, 2.75) is 19.6 Å². The zero-order chi connectivity index (χ0) is 11.7. The molecule has 84 valence electrons. The average molecular weight is 219 g/mol. The normalized spacial score (nSPS) is 12.9. The molecule has 2 aromatic rings. The highest BCUT2D eigenvalue weighted by Crippen LogP contribution is 2.18. The van der Waals surface area contributed by atoms with Gasteiger partial charge in [0.25, 0.3) is 0 Å². The van der Waals surface area contributed by atoms with Gasteiger partial charge in [-0.1, -0.05) is 0 Å². The summed E-state index contributed by atoms with van der Waals surface area (Å²) >= 11 is 0. The number of aromatic nitrogens is 1. The molecule has 2 rings (SSSR count). The van der Waals surface area contributed by atoms with Crippen LogP contribution in [-0.4, -0.2) is 26.9 Å². The summed E-state index contributed by atoms with van der Waals surface area (Å²) < 4.78 is 1.91. The molecule has 4 heteroatoms. The van der Waals surface area contributed by atoms with Crippen molar-refractivity contribution in [3.63, 3.8) is 0 Å². The van der Waals surface area contributed by atoms with Crippen LogP contribution in [0.1, 0.15) is 17.3 Å². The second-order valence-corrected chi connectivity index (χ2v) is 3.90. The summed E-state index contributed by atoms with van der Waals surface area (Å²) in [6.07, 6.45) is 1.43. The lowest BCUT2D eigenvalue weighted by molar-refractivity contribution is 0.0697. The predicted octanol–water partition coefficient (Wildman–Crippen LogP) is 1.72. The molecular weight excluding hydrogens is 206 g/mol. The van der Waals surface area contributed by atoms with Crippen LogP contribution >= 0.6 is 0 Å². The predicted molar refractivity (Wildman–Crippen MR) is 60.6 cm³/mol. The first kappa shape index (κ1) is 10.7. The molecule has 4 nitrogen and oxygen atoms in total. The highest BCUT2D eigenvalue weighted by atomic mass is 16.4. The fourth-order valence-electron chi connectivity index (χ4n) is 1.78. The molecule has 1 atom stereocenters. The van der Waals surface area contributed by atoms with Gasteiger partial charge in [-0.05, 0) is 31.2 Å². The number of aliphatic hydroxyl groups is 1. The van der Waals surface area contributed by atoms with E-state index >= 15 is 0 Å². The van der Waals surface area contributed by atoms with E-state index in [1.165, 1.54) is 0 Å². The molecule has 16 heavy (non-hydrogen) atoms. The van der Waals surface area contributed by atoms with E-state index in [-0.39, 0.29) is 5.56 Å². The van der Waals surface area contributed by atoms with Gasteiger partial charge in [-0.3, -0.25) is 0 Å². The zero-order valence-electron chi connectivity index (χ0n) is 8.92. The third kappa shape index (κ3) is 1.92. The maximum atomic E-state index is 10.8. The van der Waals surface area contributed by atoms with Crippen molar-refractivity contribution in [2.75, 3.05) is 0 Å². The smallest absolute Gasteiger partial charge is 0.335 e. The van der Waals surface area contributed by atoms with E-state index in [4.69, 9.17) is 5.11 Å². The van der Waals surface area contributed by atoms with Gasteiger partial charge in [-0.25, -0.2) is 4.79 Å². The van der Waals surface area contributed by atoms with E-state index in [2.05, 4.69) is 0 Å². The van der Waals surface area contributed by atoms with Crippen molar-refractivity contribution in [3.05, 3.63) is 36.0 Å². The van der Waals surface area contributed by atoms with Gasteiger partial charge in [0.2, 0.25) is 0 Å². The molecule has 1 heterocycles. The Kier molecular flexibility index (Phi) is 2.66. The van der Waals surface area contributed by atoms with Crippen molar-refractivity contribution in [3.8, 4) is 0 Å². The Morgan fingerprint density at radius 2 is 2.19 bits per heavy atom. The van der Waals surface area contributed by atoms with E-state index in [9.17, 15) is 9.90 Å². The maximum absolute atomic E-state index is 10.8. The minimum absolute atomic E-state index is 0.280. The van der Waals surface area contributed by atoms with Crippen LogP contribution in [0.25, 0.3) is 10.9 Å². The van der Waals surface area contributed by atoms with Crippen molar-refractivity contribution in [1.29, 1.82) is 0 Å². The molecule has 0 fully saturated rings. The summed E-state index contributed by atoms with van der Waals surface area (Å²) in [5.41, 5.74) is 1.22. The highest BCUT2D eigenvalue weighted by molar-refractivity contribution is 5.93. The van der Waals surface area contributed by atoms with Crippen LogP contribution in [-0.2, 0) is 6.54 Å². The molecule has 1 aromatic heterocycles. The molecule has 1 aromatic carbocycles. The molecule has 0 saturated heterocycles. The molecule has 0 bridgehead atoms. The van der Waals surface area contributed by atoms with Crippen molar-refractivity contribution < 1.29 is 15.0 Å². The molecule has 0 amide bonds. The monoisotopic (exact) mass is 219 g/mol.